The number of fused-ring (bicyclic) bond motifs is 1. The molecule has 3 heterocycles. The van der Waals surface area contributed by atoms with E-state index in [2.05, 4.69) is 19.5 Å². The van der Waals surface area contributed by atoms with Crippen LogP contribution in [0.15, 0.2) is 17.1 Å². The van der Waals surface area contributed by atoms with E-state index in [-0.39, 0.29) is 17.0 Å². The third kappa shape index (κ3) is 3.00. The Morgan fingerprint density at radius 1 is 1.58 bits per heavy atom. The van der Waals surface area contributed by atoms with Crippen LogP contribution < -0.4 is 11.3 Å². The van der Waals surface area contributed by atoms with Gasteiger partial charge in [-0.25, -0.2) is 4.39 Å². The molecule has 13 heteroatoms. The van der Waals surface area contributed by atoms with Crippen LogP contribution in [0.5, 0.6) is 0 Å². The van der Waals surface area contributed by atoms with Gasteiger partial charge in [-0.1, -0.05) is 0 Å². The summed E-state index contributed by atoms with van der Waals surface area (Å²) < 4.78 is 25.2. The smallest absolute Gasteiger partial charge is 0.261 e. The van der Waals surface area contributed by atoms with E-state index in [9.17, 15) is 14.3 Å². The van der Waals surface area contributed by atoms with Crippen LogP contribution in [0.1, 0.15) is 6.23 Å². The highest BCUT2D eigenvalue weighted by Gasteiger charge is 2.47. The van der Waals surface area contributed by atoms with Crippen LogP contribution in [0.2, 0.25) is 0 Å². The highest BCUT2D eigenvalue weighted by molar-refractivity contribution is 7.45. The topological polar surface area (TPSA) is 165 Å². The van der Waals surface area contributed by atoms with E-state index in [1.807, 2.05) is 0 Å². The lowest BCUT2D eigenvalue weighted by Crippen LogP contribution is -2.30. The summed E-state index contributed by atoms with van der Waals surface area (Å²) in [6, 6.07) is 1.40. The van der Waals surface area contributed by atoms with Gasteiger partial charge in [-0.2, -0.15) is 14.5 Å². The normalized spacial score (nSPS) is 28.5. The van der Waals surface area contributed by atoms with Gasteiger partial charge in [0, 0.05) is 6.20 Å². The Bertz CT molecular complexity index is 785. The highest BCUT2D eigenvalue weighted by atomic mass is 31.2. The summed E-state index contributed by atoms with van der Waals surface area (Å²) in [6.45, 7) is 0. The zero-order valence-corrected chi connectivity index (χ0v) is 12.8. The molecule has 5 atom stereocenters. The van der Waals surface area contributed by atoms with Crippen molar-refractivity contribution in [3.63, 3.8) is 0 Å². The molecule has 1 aliphatic rings. The van der Waals surface area contributed by atoms with Gasteiger partial charge in [-0.05, 0) is 6.07 Å². The molecule has 0 bridgehead atoms. The van der Waals surface area contributed by atoms with Gasteiger partial charge in [-0.15, -0.1) is 0 Å². The number of nitrogens with two attached hydrogens (primary N) is 1. The molecule has 2 aromatic heterocycles. The van der Waals surface area contributed by atoms with Gasteiger partial charge in [0.1, 0.15) is 12.5 Å². The summed E-state index contributed by atoms with van der Waals surface area (Å²) in [5.41, 5.74) is 5.04. The van der Waals surface area contributed by atoms with Gasteiger partial charge < -0.3 is 30.1 Å². The number of aliphatic hydroxyl groups excluding tert-OH is 2. The second kappa shape index (κ2) is 6.69. The third-order valence-corrected chi connectivity index (χ3v) is 3.87. The SMILES string of the molecule is Nc1nc2c(ccn2[C@@H]2O[C@H](OOP(O)CO)C(O)[C@@H]2F)c(=O)[nH]1. The third-order valence-electron chi connectivity index (χ3n) is 3.37. The number of H-pyrrole nitrogens is 1. The lowest BCUT2D eigenvalue weighted by molar-refractivity contribution is -0.332. The Hall–Kier alpha value is -1.66. The number of rotatable bonds is 5. The fraction of sp³-hybridized carbons (Fsp3) is 0.455. The molecular weight excluding hydrogens is 350 g/mol. The van der Waals surface area contributed by atoms with Gasteiger partial charge >= 0.3 is 0 Å². The van der Waals surface area contributed by atoms with Crippen molar-refractivity contribution in [2.24, 2.45) is 0 Å². The van der Waals surface area contributed by atoms with Gasteiger partial charge in [0.15, 0.2) is 18.0 Å². The van der Waals surface area contributed by atoms with Crippen molar-refractivity contribution in [1.82, 2.24) is 14.5 Å². The molecule has 132 valence electrons. The first-order chi connectivity index (χ1) is 11.4. The highest BCUT2D eigenvalue weighted by Crippen LogP contribution is 2.37. The summed E-state index contributed by atoms with van der Waals surface area (Å²) in [5, 5.41) is 18.6. The second-order valence-electron chi connectivity index (χ2n) is 4.91. The summed E-state index contributed by atoms with van der Waals surface area (Å²) in [5.74, 6) is -0.161. The first kappa shape index (κ1) is 17.2. The Morgan fingerprint density at radius 2 is 2.33 bits per heavy atom. The molecule has 1 fully saturated rings. The molecule has 3 rings (SSSR count). The molecule has 0 amide bonds. The number of hydrogen-bond acceptors (Lipinski definition) is 9. The molecule has 0 aliphatic carbocycles. The molecule has 0 aromatic carbocycles. The van der Waals surface area contributed by atoms with E-state index in [1.54, 1.807) is 0 Å². The zero-order valence-electron chi connectivity index (χ0n) is 11.9. The fourth-order valence-electron chi connectivity index (χ4n) is 2.29. The first-order valence-electron chi connectivity index (χ1n) is 6.67. The maximum Gasteiger partial charge on any atom is 0.261 e. The van der Waals surface area contributed by atoms with Crippen LogP contribution in [0, 0.1) is 0 Å². The molecular formula is C11H14FN4O7P. The van der Waals surface area contributed by atoms with Crippen LogP contribution in [0.3, 0.4) is 0 Å². The number of alkyl halides is 1. The summed E-state index contributed by atoms with van der Waals surface area (Å²) in [7, 11) is -2.29. The number of aromatic nitrogens is 3. The predicted octanol–water partition coefficient (Wildman–Crippen LogP) is -0.937. The molecule has 0 spiro atoms. The molecule has 0 saturated carbocycles. The van der Waals surface area contributed by atoms with E-state index in [4.69, 9.17) is 20.5 Å². The Kier molecular flexibility index (Phi) is 4.78. The quantitative estimate of drug-likeness (QED) is 0.256. The molecule has 1 saturated heterocycles. The molecule has 6 N–H and O–H groups in total. The van der Waals surface area contributed by atoms with Gasteiger partial charge in [0.2, 0.25) is 20.6 Å². The van der Waals surface area contributed by atoms with Crippen molar-refractivity contribution in [1.29, 1.82) is 0 Å². The van der Waals surface area contributed by atoms with Crippen molar-refractivity contribution < 1.29 is 33.8 Å². The number of hydrogen-bond donors (Lipinski definition) is 5. The van der Waals surface area contributed by atoms with E-state index in [0.29, 0.717) is 0 Å². The Balaban J connectivity index is 1.86. The standard InChI is InChI=1S/C11H14FN4O7P/c12-5-6(18)10(22-23-24(20)3-17)21-9(5)16-2-1-4-7(16)14-11(13)15-8(4)19/h1-2,5-6,9-10,17-18,20H,3H2,(H3,13,14,15,19)/t5-,6?,9+,10+,24?/m0/s1. The number of halogens is 1. The van der Waals surface area contributed by atoms with Crippen LogP contribution in [-0.2, 0) is 14.3 Å². The van der Waals surface area contributed by atoms with Crippen LogP contribution in [0.4, 0.5) is 10.3 Å². The second-order valence-corrected chi connectivity index (χ2v) is 6.04. The van der Waals surface area contributed by atoms with Crippen molar-refractivity contribution in [3.05, 3.63) is 22.6 Å². The lowest BCUT2D eigenvalue weighted by atomic mass is 10.2. The number of aliphatic hydroxyl groups is 2. The van der Waals surface area contributed by atoms with Crippen LogP contribution >= 0.6 is 8.38 Å². The minimum absolute atomic E-state index is 0.0671. The Labute approximate surface area is 134 Å². The fourth-order valence-corrected chi connectivity index (χ4v) is 2.52. The average Bonchev–Trinajstić information content (AvgIpc) is 3.08. The Morgan fingerprint density at radius 3 is 3.04 bits per heavy atom. The molecule has 11 nitrogen and oxygen atoms in total. The van der Waals surface area contributed by atoms with Crippen molar-refractivity contribution in [2.45, 2.75) is 24.8 Å². The summed E-state index contributed by atoms with van der Waals surface area (Å²) >= 11 is 0. The molecule has 2 unspecified atom stereocenters. The zero-order chi connectivity index (χ0) is 17.4. The number of anilines is 1. The summed E-state index contributed by atoms with van der Waals surface area (Å²) in [4.78, 5) is 31.7. The number of aromatic amines is 1. The van der Waals surface area contributed by atoms with E-state index in [0.717, 1.165) is 0 Å². The molecule has 2 aromatic rings. The number of nitrogens with one attached hydrogen (secondary N) is 1. The van der Waals surface area contributed by atoms with Gasteiger partial charge in [0.05, 0.1) is 5.39 Å². The molecule has 1 aliphatic heterocycles. The molecule has 0 radical (unpaired) electrons. The number of ether oxygens (including phenoxy) is 1. The minimum atomic E-state index is -2.29. The monoisotopic (exact) mass is 364 g/mol. The molecule has 24 heavy (non-hydrogen) atoms. The maximum absolute atomic E-state index is 14.3. The van der Waals surface area contributed by atoms with E-state index >= 15 is 0 Å². The number of nitrogens with zero attached hydrogens (tertiary/aromatic N) is 2. The van der Waals surface area contributed by atoms with Gasteiger partial charge in [0.25, 0.3) is 5.56 Å². The van der Waals surface area contributed by atoms with Crippen LogP contribution in [0.25, 0.3) is 11.0 Å². The maximum atomic E-state index is 14.3. The van der Waals surface area contributed by atoms with Crippen LogP contribution in [-0.4, -0.2) is 54.6 Å². The average molecular weight is 364 g/mol. The van der Waals surface area contributed by atoms with E-state index in [1.165, 1.54) is 16.8 Å². The predicted molar refractivity (Wildman–Crippen MR) is 78.0 cm³/mol. The summed E-state index contributed by atoms with van der Waals surface area (Å²) in [6.07, 6.45) is -5.92. The van der Waals surface area contributed by atoms with E-state index < -0.39 is 45.1 Å². The first-order valence-corrected chi connectivity index (χ1v) is 8.06. The van der Waals surface area contributed by atoms with Crippen molar-refractivity contribution in [3.8, 4) is 0 Å². The number of nitrogen functional groups attached to an aromatic ring is 1. The minimum Gasteiger partial charge on any atom is -0.387 e. The van der Waals surface area contributed by atoms with Crippen molar-refractivity contribution >= 4 is 25.4 Å². The lowest BCUT2D eigenvalue weighted by Gasteiger charge is -2.16. The van der Waals surface area contributed by atoms with Gasteiger partial charge in [-0.3, -0.25) is 9.78 Å². The largest absolute Gasteiger partial charge is 0.387 e. The van der Waals surface area contributed by atoms with Crippen molar-refractivity contribution in [2.75, 3.05) is 12.1 Å².